The summed E-state index contributed by atoms with van der Waals surface area (Å²) < 4.78 is 131. The Morgan fingerprint density at radius 3 is 0.890 bits per heavy atom. The van der Waals surface area contributed by atoms with Crippen molar-refractivity contribution in [3.8, 4) is 0 Å². The van der Waals surface area contributed by atoms with Crippen LogP contribution in [0.2, 0.25) is 0 Å². The first kappa shape index (κ1) is 98.1. The summed E-state index contributed by atoms with van der Waals surface area (Å²) in [5.41, 5.74) is 1.93. The summed E-state index contributed by atoms with van der Waals surface area (Å²) in [6.07, 6.45) is 36.2. The maximum absolute atomic E-state index is 12.4. The summed E-state index contributed by atoms with van der Waals surface area (Å²) in [5.74, 6) is 9.33. The molecule has 12 fully saturated rings. The van der Waals surface area contributed by atoms with Crippen molar-refractivity contribution in [1.82, 2.24) is 16.0 Å². The lowest BCUT2D eigenvalue weighted by Gasteiger charge is -2.63. The molecule has 684 valence electrons. The van der Waals surface area contributed by atoms with Crippen molar-refractivity contribution in [2.24, 2.45) is 139 Å². The predicted octanol–water partition coefficient (Wildman–Crippen LogP) is 18.0. The van der Waals surface area contributed by atoms with Crippen LogP contribution in [0.5, 0.6) is 0 Å². The fourth-order valence-corrected chi connectivity index (χ4v) is 31.2. The second-order valence-electron chi connectivity index (χ2n) is 43.3. The van der Waals surface area contributed by atoms with Crippen LogP contribution in [-0.2, 0) is 73.2 Å². The first-order valence-electron chi connectivity index (χ1n) is 47.7. The van der Waals surface area contributed by atoms with Crippen molar-refractivity contribution in [3.05, 3.63) is 0 Å². The third-order valence-corrected chi connectivity index (χ3v) is 37.4. The Labute approximate surface area is 715 Å². The van der Waals surface area contributed by atoms with E-state index in [-0.39, 0.29) is 78.0 Å². The molecule has 12 aliphatic carbocycles. The topological polar surface area (TPSA) is 306 Å². The second kappa shape index (κ2) is 40.5. The van der Waals surface area contributed by atoms with Gasteiger partial charge in [0.2, 0.25) is 17.7 Å². The third-order valence-electron chi connectivity index (χ3n) is 35.2. The first-order chi connectivity index (χ1) is 55.2. The van der Waals surface area contributed by atoms with Crippen LogP contribution in [0.15, 0.2) is 0 Å². The molecule has 21 nitrogen and oxygen atoms in total. The summed E-state index contributed by atoms with van der Waals surface area (Å²) in [6.45, 7) is 45.5. The molecular weight excluding hydrogens is 1560 g/mol. The van der Waals surface area contributed by atoms with Gasteiger partial charge in [0.15, 0.2) is 0 Å². The largest absolute Gasteiger partial charge is 0.378 e. The molecule has 3 amide bonds. The normalized spacial score (nSPS) is 40.8. The number of ether oxygens (including phenoxy) is 6. The van der Waals surface area contributed by atoms with E-state index >= 15 is 0 Å². The maximum atomic E-state index is 12.4. The van der Waals surface area contributed by atoms with Crippen molar-refractivity contribution in [3.63, 3.8) is 0 Å². The van der Waals surface area contributed by atoms with E-state index in [4.69, 9.17) is 42.1 Å². The van der Waals surface area contributed by atoms with Crippen molar-refractivity contribution in [1.29, 1.82) is 0 Å². The molecule has 0 bridgehead atoms. The predicted molar refractivity (Wildman–Crippen MR) is 466 cm³/mol. The molecule has 0 saturated heterocycles. The standard InChI is InChI=1S/C32H57NO6S.2C31H55NO6S/c1-20(2)38-24-12-14-31(6)23(18-24)19-28(39-21(3)4)30-26-10-9-25(32(26,7)15-13-27(30)31)22(5)8-11-29(34)33-16-17-40(35,36)37;1-7-37-27-19-22-18-23(38-20(2)3)12-14-30(22,5)26-13-15-31(6)24(9-10-25(31)29(26)27)21(4)8-11-28(33)32-16-17-39(34,35)36;1-7-37-23-12-14-30(5)22(18-23)19-27(38-20(2)3)29-25-10-9-24(31(25,6)15-13-26(29)30)21(4)8-11-28(33)32-16-17-39(34,35)36/h20-28,30H,8-19H2,1-7H3,(H,33,34)(H,35,36,37);2*20-27,29H,7-19H2,1-6H3,(H,32,33)(H,34,35,36). The highest BCUT2D eigenvalue weighted by atomic mass is 32.2. The Hall–Kier alpha value is -2.10. The maximum Gasteiger partial charge on any atom is 0.266 e. The van der Waals surface area contributed by atoms with Crippen molar-refractivity contribution < 1.29 is 81.7 Å². The number of fused-ring (bicyclic) bond motifs is 15. The van der Waals surface area contributed by atoms with Crippen LogP contribution in [0.25, 0.3) is 0 Å². The molecule has 24 heteroatoms. The van der Waals surface area contributed by atoms with E-state index in [0.717, 1.165) is 45.3 Å². The highest BCUT2D eigenvalue weighted by Gasteiger charge is 2.68. The monoisotopic (exact) mass is 1720 g/mol. The highest BCUT2D eigenvalue weighted by molar-refractivity contribution is 7.86. The molecule has 0 radical (unpaired) electrons. The minimum Gasteiger partial charge on any atom is -0.378 e. The highest BCUT2D eigenvalue weighted by Crippen LogP contribution is 2.73. The minimum atomic E-state index is -4.06. The molecule has 0 aromatic carbocycles. The van der Waals surface area contributed by atoms with Crippen LogP contribution < -0.4 is 16.0 Å². The fourth-order valence-electron chi connectivity index (χ4n) is 30.1. The van der Waals surface area contributed by atoms with Crippen LogP contribution in [0.3, 0.4) is 0 Å². The molecule has 30 unspecified atom stereocenters. The second-order valence-corrected chi connectivity index (χ2v) is 48.0. The van der Waals surface area contributed by atoms with E-state index in [1.165, 1.54) is 141 Å². The Kier molecular flexibility index (Phi) is 33.6. The van der Waals surface area contributed by atoms with Crippen LogP contribution in [0.1, 0.15) is 324 Å². The minimum absolute atomic E-state index is 0.0404. The lowest BCUT2D eigenvalue weighted by Crippen LogP contribution is -2.59. The molecule has 12 saturated carbocycles. The van der Waals surface area contributed by atoms with Crippen LogP contribution >= 0.6 is 0 Å². The van der Waals surface area contributed by atoms with Crippen molar-refractivity contribution >= 4 is 48.1 Å². The smallest absolute Gasteiger partial charge is 0.266 e. The zero-order chi connectivity index (χ0) is 86.6. The number of carbonyl (C=O) groups is 3. The molecule has 30 atom stereocenters. The number of hydrogen-bond donors (Lipinski definition) is 6. The Morgan fingerprint density at radius 2 is 0.602 bits per heavy atom. The fraction of sp³-hybridized carbons (Fsp3) is 0.968. The molecule has 0 aromatic rings. The number of rotatable bonds is 33. The molecular formula is C94H167N3O18S3. The van der Waals surface area contributed by atoms with E-state index in [9.17, 15) is 39.6 Å². The number of hydrogen-bond acceptors (Lipinski definition) is 15. The summed E-state index contributed by atoms with van der Waals surface area (Å²) in [7, 11) is -12.2. The number of amides is 3. The van der Waals surface area contributed by atoms with Gasteiger partial charge in [-0.15, -0.1) is 0 Å². The van der Waals surface area contributed by atoms with E-state index in [1.807, 2.05) is 0 Å². The number of carbonyl (C=O) groups excluding carboxylic acids is 3. The first-order valence-corrected chi connectivity index (χ1v) is 52.5. The zero-order valence-corrected chi connectivity index (χ0v) is 79.2. The molecule has 0 heterocycles. The van der Waals surface area contributed by atoms with E-state index in [0.29, 0.717) is 179 Å². The van der Waals surface area contributed by atoms with Gasteiger partial charge in [0.05, 0.1) is 78.3 Å². The average Bonchev–Trinajstić information content (AvgIpc) is 1.39. The van der Waals surface area contributed by atoms with E-state index in [2.05, 4.69) is 148 Å². The summed E-state index contributed by atoms with van der Waals surface area (Å²) >= 11 is 0. The van der Waals surface area contributed by atoms with Crippen LogP contribution in [-0.4, -0.2) is 168 Å². The molecule has 0 aromatic heterocycles. The summed E-state index contributed by atoms with van der Waals surface area (Å²) in [5, 5.41) is 7.95. The lowest BCUT2D eigenvalue weighted by atomic mass is 9.43. The zero-order valence-electron chi connectivity index (χ0n) is 76.7. The van der Waals surface area contributed by atoms with Gasteiger partial charge in [0.1, 0.15) is 0 Å². The van der Waals surface area contributed by atoms with Gasteiger partial charge in [-0.05, 0) is 382 Å². The van der Waals surface area contributed by atoms with Crippen molar-refractivity contribution in [2.75, 3.05) is 50.1 Å². The van der Waals surface area contributed by atoms with E-state index in [1.54, 1.807) is 0 Å². The van der Waals surface area contributed by atoms with Gasteiger partial charge in [-0.3, -0.25) is 28.0 Å². The SMILES string of the molecule is CC(C)OC1CCC2(C)C(C1)CC(OC(C)C)C1C2CCC2(C)C(C(C)CCC(=O)NCCS(=O)(=O)O)CCC12.CCOC1CC2CC(OC(C)C)CCC2(C)C2CCC3(C)C(C(C)CCC(=O)NCCS(=O)(=O)O)CCC3C12.CCOC1CCC2(C)C(C1)CC(OC(C)C)C1C2CCC2(C)C(C(C)CCC(=O)NCCS(=O)(=O)O)CCC12. The van der Waals surface area contributed by atoms with Gasteiger partial charge in [0, 0.05) is 52.1 Å². The lowest BCUT2D eigenvalue weighted by molar-refractivity contribution is -0.201. The van der Waals surface area contributed by atoms with Crippen molar-refractivity contribution in [2.45, 2.75) is 385 Å². The molecule has 0 spiro atoms. The van der Waals surface area contributed by atoms with Gasteiger partial charge in [-0.25, -0.2) is 0 Å². The van der Waals surface area contributed by atoms with Gasteiger partial charge in [0.25, 0.3) is 30.4 Å². The van der Waals surface area contributed by atoms with E-state index < -0.39 is 47.6 Å². The number of nitrogens with one attached hydrogen (secondary N) is 3. The summed E-state index contributed by atoms with van der Waals surface area (Å²) in [4.78, 5) is 37.1. The Bertz CT molecular complexity index is 3620. The van der Waals surface area contributed by atoms with Gasteiger partial charge >= 0.3 is 0 Å². The molecule has 6 N–H and O–H groups in total. The molecule has 0 aliphatic heterocycles. The van der Waals surface area contributed by atoms with Crippen LogP contribution in [0.4, 0.5) is 0 Å². The van der Waals surface area contributed by atoms with Gasteiger partial charge in [-0.2, -0.15) is 25.3 Å². The van der Waals surface area contributed by atoms with Gasteiger partial charge in [-0.1, -0.05) is 62.3 Å². The van der Waals surface area contributed by atoms with Crippen LogP contribution in [0, 0.1) is 139 Å². The Morgan fingerprint density at radius 1 is 0.339 bits per heavy atom. The Balaban J connectivity index is 0.000000186. The molecule has 12 aliphatic rings. The third kappa shape index (κ3) is 23.1. The molecule has 12 rings (SSSR count). The quantitative estimate of drug-likeness (QED) is 0.0333. The van der Waals surface area contributed by atoms with Gasteiger partial charge < -0.3 is 44.4 Å². The average molecular weight is 1720 g/mol. The summed E-state index contributed by atoms with van der Waals surface area (Å²) in [6, 6.07) is 0. The molecule has 118 heavy (non-hydrogen) atoms.